The van der Waals surface area contributed by atoms with Crippen LogP contribution in [-0.4, -0.2) is 24.5 Å². The van der Waals surface area contributed by atoms with E-state index in [2.05, 4.69) is 41.4 Å². The third-order valence-electron chi connectivity index (χ3n) is 2.76. The van der Waals surface area contributed by atoms with Gasteiger partial charge in [0.25, 0.3) is 0 Å². The molecular formula is C15H24N2O. The molecule has 18 heavy (non-hydrogen) atoms. The highest BCUT2D eigenvalue weighted by Gasteiger charge is 2.20. The molecule has 1 aromatic carbocycles. The molecule has 3 nitrogen and oxygen atoms in total. The van der Waals surface area contributed by atoms with Gasteiger partial charge in [-0.25, -0.2) is 0 Å². The summed E-state index contributed by atoms with van der Waals surface area (Å²) in [6.45, 7) is 9.25. The van der Waals surface area contributed by atoms with Crippen LogP contribution in [-0.2, 0) is 11.3 Å². The molecule has 0 radical (unpaired) electrons. The summed E-state index contributed by atoms with van der Waals surface area (Å²) in [5, 5.41) is 2.94. The number of rotatable bonds is 4. The Bertz CT molecular complexity index is 390. The summed E-state index contributed by atoms with van der Waals surface area (Å²) in [4.78, 5) is 13.8. The van der Waals surface area contributed by atoms with E-state index in [1.165, 1.54) is 11.1 Å². The maximum absolute atomic E-state index is 11.7. The Balaban J connectivity index is 2.40. The first kappa shape index (κ1) is 14.7. The molecular weight excluding hydrogens is 224 g/mol. The second kappa shape index (κ2) is 6.01. The summed E-state index contributed by atoms with van der Waals surface area (Å²) in [7, 11) is 2.00. The number of hydrogen-bond acceptors (Lipinski definition) is 2. The molecule has 0 bridgehead atoms. The number of aryl methyl sites for hydroxylation is 1. The Morgan fingerprint density at radius 1 is 1.22 bits per heavy atom. The predicted molar refractivity (Wildman–Crippen MR) is 75.1 cm³/mol. The molecule has 100 valence electrons. The average Bonchev–Trinajstić information content (AvgIpc) is 2.28. The van der Waals surface area contributed by atoms with Crippen molar-refractivity contribution in [2.75, 3.05) is 13.7 Å². The monoisotopic (exact) mass is 248 g/mol. The zero-order valence-electron chi connectivity index (χ0n) is 12.1. The second-order valence-electron chi connectivity index (χ2n) is 5.91. The molecule has 0 fully saturated rings. The van der Waals surface area contributed by atoms with Gasteiger partial charge in [-0.2, -0.15) is 0 Å². The summed E-state index contributed by atoms with van der Waals surface area (Å²) in [6, 6.07) is 8.46. The van der Waals surface area contributed by atoms with Crippen molar-refractivity contribution in [1.82, 2.24) is 10.2 Å². The van der Waals surface area contributed by atoms with Crippen LogP contribution in [0.3, 0.4) is 0 Å². The SMILES string of the molecule is Cc1ccc(CN(C)CNC(=O)C(C)(C)C)cc1. The minimum absolute atomic E-state index is 0.0817. The fraction of sp³-hybridized carbons (Fsp3) is 0.533. The highest BCUT2D eigenvalue weighted by atomic mass is 16.2. The van der Waals surface area contributed by atoms with Crippen LogP contribution in [0.25, 0.3) is 0 Å². The number of benzene rings is 1. The van der Waals surface area contributed by atoms with E-state index >= 15 is 0 Å². The van der Waals surface area contributed by atoms with Gasteiger partial charge < -0.3 is 5.32 Å². The van der Waals surface area contributed by atoms with Gasteiger partial charge in [-0.15, -0.1) is 0 Å². The van der Waals surface area contributed by atoms with Crippen LogP contribution in [0.5, 0.6) is 0 Å². The minimum atomic E-state index is -0.329. The highest BCUT2D eigenvalue weighted by Crippen LogP contribution is 2.12. The van der Waals surface area contributed by atoms with E-state index in [1.54, 1.807) is 0 Å². The van der Waals surface area contributed by atoms with Crippen molar-refractivity contribution in [3.63, 3.8) is 0 Å². The average molecular weight is 248 g/mol. The molecule has 1 aromatic rings. The third-order valence-corrected chi connectivity index (χ3v) is 2.76. The van der Waals surface area contributed by atoms with Crippen LogP contribution in [0.15, 0.2) is 24.3 Å². The Morgan fingerprint density at radius 2 is 1.78 bits per heavy atom. The Hall–Kier alpha value is -1.35. The zero-order valence-corrected chi connectivity index (χ0v) is 12.1. The van der Waals surface area contributed by atoms with Crippen LogP contribution < -0.4 is 5.32 Å². The Kier molecular flexibility index (Phi) is 4.91. The number of nitrogens with zero attached hydrogens (tertiary/aromatic N) is 1. The summed E-state index contributed by atoms with van der Waals surface area (Å²) in [6.07, 6.45) is 0. The van der Waals surface area contributed by atoms with Gasteiger partial charge in [-0.1, -0.05) is 50.6 Å². The van der Waals surface area contributed by atoms with Crippen LogP contribution in [0.1, 0.15) is 31.9 Å². The number of carbonyl (C=O) groups excluding carboxylic acids is 1. The van der Waals surface area contributed by atoms with Crippen molar-refractivity contribution in [2.45, 2.75) is 34.2 Å². The van der Waals surface area contributed by atoms with Crippen molar-refractivity contribution < 1.29 is 4.79 Å². The molecule has 0 saturated carbocycles. The van der Waals surface area contributed by atoms with E-state index < -0.39 is 0 Å². The minimum Gasteiger partial charge on any atom is -0.343 e. The largest absolute Gasteiger partial charge is 0.343 e. The molecule has 0 aliphatic rings. The first-order valence-electron chi connectivity index (χ1n) is 6.31. The summed E-state index contributed by atoms with van der Waals surface area (Å²) in [5.41, 5.74) is 2.19. The molecule has 0 saturated heterocycles. The van der Waals surface area contributed by atoms with Crippen LogP contribution >= 0.6 is 0 Å². The van der Waals surface area contributed by atoms with E-state index in [4.69, 9.17) is 0 Å². The lowest BCUT2D eigenvalue weighted by Crippen LogP contribution is -2.40. The second-order valence-corrected chi connectivity index (χ2v) is 5.91. The number of nitrogens with one attached hydrogen (secondary N) is 1. The molecule has 1 N–H and O–H groups in total. The van der Waals surface area contributed by atoms with Gasteiger partial charge in [-0.05, 0) is 19.5 Å². The Morgan fingerprint density at radius 3 is 2.28 bits per heavy atom. The first-order valence-corrected chi connectivity index (χ1v) is 6.31. The lowest BCUT2D eigenvalue weighted by molar-refractivity contribution is -0.129. The van der Waals surface area contributed by atoms with Crippen molar-refractivity contribution in [3.05, 3.63) is 35.4 Å². The summed E-state index contributed by atoms with van der Waals surface area (Å²) >= 11 is 0. The molecule has 0 aliphatic carbocycles. The lowest BCUT2D eigenvalue weighted by atomic mass is 9.96. The number of amides is 1. The van der Waals surface area contributed by atoms with Gasteiger partial charge in [0.1, 0.15) is 0 Å². The molecule has 0 spiro atoms. The number of carbonyl (C=O) groups is 1. The van der Waals surface area contributed by atoms with E-state index in [-0.39, 0.29) is 11.3 Å². The first-order chi connectivity index (χ1) is 8.29. The van der Waals surface area contributed by atoms with E-state index in [9.17, 15) is 4.79 Å². The van der Waals surface area contributed by atoms with Gasteiger partial charge in [0, 0.05) is 12.0 Å². The lowest BCUT2D eigenvalue weighted by Gasteiger charge is -2.22. The maximum atomic E-state index is 11.7. The summed E-state index contributed by atoms with van der Waals surface area (Å²) < 4.78 is 0. The van der Waals surface area contributed by atoms with Crippen LogP contribution in [0, 0.1) is 12.3 Å². The smallest absolute Gasteiger partial charge is 0.226 e. The quantitative estimate of drug-likeness (QED) is 0.831. The van der Waals surface area contributed by atoms with Crippen molar-refractivity contribution in [2.24, 2.45) is 5.41 Å². The standard InChI is InChI=1S/C15H24N2O/c1-12-6-8-13(9-7-12)10-17(5)11-16-14(18)15(2,3)4/h6-9H,10-11H2,1-5H3,(H,16,18). The van der Waals surface area contributed by atoms with Gasteiger partial charge in [-0.3, -0.25) is 9.69 Å². The molecule has 1 amide bonds. The fourth-order valence-electron chi connectivity index (χ4n) is 1.53. The fourth-order valence-corrected chi connectivity index (χ4v) is 1.53. The van der Waals surface area contributed by atoms with E-state index in [1.807, 2.05) is 27.8 Å². The van der Waals surface area contributed by atoms with Crippen molar-refractivity contribution in [3.8, 4) is 0 Å². The normalized spacial score (nSPS) is 11.7. The molecule has 0 atom stereocenters. The van der Waals surface area contributed by atoms with Crippen LogP contribution in [0.4, 0.5) is 0 Å². The maximum Gasteiger partial charge on any atom is 0.226 e. The number of hydrogen-bond donors (Lipinski definition) is 1. The highest BCUT2D eigenvalue weighted by molar-refractivity contribution is 5.81. The van der Waals surface area contributed by atoms with Gasteiger partial charge in [0.05, 0.1) is 6.67 Å². The van der Waals surface area contributed by atoms with Crippen LogP contribution in [0.2, 0.25) is 0 Å². The van der Waals surface area contributed by atoms with Crippen molar-refractivity contribution in [1.29, 1.82) is 0 Å². The molecule has 1 rings (SSSR count). The molecule has 3 heteroatoms. The molecule has 0 heterocycles. The molecule has 0 unspecified atom stereocenters. The molecule has 0 aromatic heterocycles. The van der Waals surface area contributed by atoms with E-state index in [0.29, 0.717) is 6.67 Å². The van der Waals surface area contributed by atoms with E-state index in [0.717, 1.165) is 6.54 Å². The topological polar surface area (TPSA) is 32.3 Å². The van der Waals surface area contributed by atoms with Gasteiger partial charge in [0.2, 0.25) is 5.91 Å². The van der Waals surface area contributed by atoms with Gasteiger partial charge >= 0.3 is 0 Å². The van der Waals surface area contributed by atoms with Gasteiger partial charge in [0.15, 0.2) is 0 Å². The summed E-state index contributed by atoms with van der Waals surface area (Å²) in [5.74, 6) is 0.0817. The zero-order chi connectivity index (χ0) is 13.8. The third kappa shape index (κ3) is 4.88. The Labute approximate surface area is 110 Å². The predicted octanol–water partition coefficient (Wildman–Crippen LogP) is 2.55. The molecule has 0 aliphatic heterocycles. The van der Waals surface area contributed by atoms with Crippen molar-refractivity contribution >= 4 is 5.91 Å².